The molecule has 0 atom stereocenters. The molecule has 0 bridgehead atoms. The van der Waals surface area contributed by atoms with Crippen molar-refractivity contribution in [2.75, 3.05) is 0 Å². The molecule has 2 heterocycles. The largest absolute Gasteiger partial charge is 0.305 e. The molecule has 7 heteroatoms. The van der Waals surface area contributed by atoms with Crippen LogP contribution in [-0.2, 0) is 0 Å². The van der Waals surface area contributed by atoms with Crippen molar-refractivity contribution in [2.45, 2.75) is 0 Å². The molecule has 0 saturated heterocycles. The summed E-state index contributed by atoms with van der Waals surface area (Å²) < 4.78 is 0. The van der Waals surface area contributed by atoms with Crippen molar-refractivity contribution >= 4 is 34.1 Å². The highest BCUT2D eigenvalue weighted by atomic mass is 35.5. The van der Waals surface area contributed by atoms with Crippen molar-refractivity contribution in [1.29, 1.82) is 0 Å². The summed E-state index contributed by atoms with van der Waals surface area (Å²) in [6, 6.07) is 4.70. The maximum Gasteiger partial charge on any atom is 0.259 e. The highest BCUT2D eigenvalue weighted by molar-refractivity contribution is 6.42. The monoisotopic (exact) mass is 292 g/mol. The number of aromatic nitrogens is 4. The highest BCUT2D eigenvalue weighted by Gasteiger charge is 2.09. The van der Waals surface area contributed by atoms with Gasteiger partial charge in [-0.25, -0.2) is 15.0 Å². The Morgan fingerprint density at radius 2 is 1.95 bits per heavy atom. The quantitative estimate of drug-likeness (QED) is 0.748. The van der Waals surface area contributed by atoms with Crippen LogP contribution in [-0.4, -0.2) is 19.9 Å². The lowest BCUT2D eigenvalue weighted by Crippen LogP contribution is -2.10. The number of aromatic amines is 1. The average Bonchev–Trinajstić information content (AvgIpc) is 2.42. The number of halogens is 2. The minimum absolute atomic E-state index is 0.294. The van der Waals surface area contributed by atoms with Gasteiger partial charge >= 0.3 is 0 Å². The smallest absolute Gasteiger partial charge is 0.259 e. The van der Waals surface area contributed by atoms with Crippen LogP contribution in [0.1, 0.15) is 0 Å². The molecular formula is C12H6Cl2N4O. The Hall–Kier alpha value is -1.98. The van der Waals surface area contributed by atoms with Crippen LogP contribution in [0.2, 0.25) is 10.0 Å². The molecule has 0 amide bonds. The first-order valence-corrected chi connectivity index (χ1v) is 6.06. The summed E-state index contributed by atoms with van der Waals surface area (Å²) in [7, 11) is 0. The molecule has 3 aromatic rings. The molecule has 0 aliphatic rings. The van der Waals surface area contributed by atoms with Gasteiger partial charge in [-0.3, -0.25) is 4.79 Å². The summed E-state index contributed by atoms with van der Waals surface area (Å²) in [6.07, 6.45) is 2.95. The lowest BCUT2D eigenvalue weighted by atomic mass is 10.2. The van der Waals surface area contributed by atoms with Crippen molar-refractivity contribution < 1.29 is 0 Å². The standard InChI is InChI=1S/C12H6Cl2N4O/c13-7-3-6-10(4-8(7)14)17-11(18-12(6)19)9-1-2-15-5-16-9/h1-5H,(H,17,18,19). The van der Waals surface area contributed by atoms with Crippen molar-refractivity contribution in [3.8, 4) is 11.5 Å². The SMILES string of the molecule is O=c1[nH]c(-c2ccncn2)nc2cc(Cl)c(Cl)cc12. The molecular weight excluding hydrogens is 287 g/mol. The van der Waals surface area contributed by atoms with E-state index >= 15 is 0 Å². The second-order valence-electron chi connectivity index (χ2n) is 3.79. The minimum Gasteiger partial charge on any atom is -0.305 e. The maximum atomic E-state index is 12.0. The van der Waals surface area contributed by atoms with Gasteiger partial charge in [-0.15, -0.1) is 0 Å². The third kappa shape index (κ3) is 2.18. The lowest BCUT2D eigenvalue weighted by Gasteiger charge is -2.03. The van der Waals surface area contributed by atoms with Crippen LogP contribution in [0.5, 0.6) is 0 Å². The fourth-order valence-electron chi connectivity index (χ4n) is 1.69. The van der Waals surface area contributed by atoms with E-state index in [2.05, 4.69) is 19.9 Å². The van der Waals surface area contributed by atoms with Gasteiger partial charge in [0.1, 0.15) is 12.0 Å². The van der Waals surface area contributed by atoms with E-state index in [4.69, 9.17) is 23.2 Å². The van der Waals surface area contributed by atoms with E-state index in [0.29, 0.717) is 32.5 Å². The van der Waals surface area contributed by atoms with Crippen LogP contribution in [0.15, 0.2) is 35.5 Å². The number of hydrogen-bond donors (Lipinski definition) is 1. The maximum absolute atomic E-state index is 12.0. The van der Waals surface area contributed by atoms with Crippen molar-refractivity contribution in [3.63, 3.8) is 0 Å². The normalized spacial score (nSPS) is 10.8. The van der Waals surface area contributed by atoms with Gasteiger partial charge in [0.2, 0.25) is 0 Å². The number of nitrogens with one attached hydrogen (secondary N) is 1. The molecule has 2 aromatic heterocycles. The van der Waals surface area contributed by atoms with E-state index < -0.39 is 0 Å². The molecule has 0 unspecified atom stereocenters. The number of nitrogens with zero attached hydrogens (tertiary/aromatic N) is 3. The third-order valence-corrected chi connectivity index (χ3v) is 3.29. The Labute approximate surface area is 117 Å². The zero-order valence-electron chi connectivity index (χ0n) is 9.39. The molecule has 0 spiro atoms. The van der Waals surface area contributed by atoms with Gasteiger partial charge in [-0.2, -0.15) is 0 Å². The van der Waals surface area contributed by atoms with Gasteiger partial charge in [0.25, 0.3) is 5.56 Å². The van der Waals surface area contributed by atoms with Gasteiger partial charge in [0, 0.05) is 6.20 Å². The third-order valence-electron chi connectivity index (χ3n) is 2.57. The van der Waals surface area contributed by atoms with Crippen LogP contribution >= 0.6 is 23.2 Å². The molecule has 0 aliphatic carbocycles. The summed E-state index contributed by atoms with van der Waals surface area (Å²) in [4.78, 5) is 26.8. The van der Waals surface area contributed by atoms with Crippen LogP contribution in [0.25, 0.3) is 22.4 Å². The number of rotatable bonds is 1. The zero-order chi connectivity index (χ0) is 13.4. The molecule has 3 rings (SSSR count). The molecule has 0 fully saturated rings. The second-order valence-corrected chi connectivity index (χ2v) is 4.61. The highest BCUT2D eigenvalue weighted by Crippen LogP contribution is 2.25. The zero-order valence-corrected chi connectivity index (χ0v) is 10.9. The van der Waals surface area contributed by atoms with Gasteiger partial charge in [-0.1, -0.05) is 23.2 Å². The molecule has 0 saturated carbocycles. The molecule has 1 N–H and O–H groups in total. The molecule has 94 valence electrons. The summed E-state index contributed by atoms with van der Waals surface area (Å²) in [5.74, 6) is 0.360. The summed E-state index contributed by atoms with van der Waals surface area (Å²) >= 11 is 11.8. The van der Waals surface area contributed by atoms with E-state index in [1.807, 2.05) is 0 Å². The van der Waals surface area contributed by atoms with Crippen LogP contribution in [0.4, 0.5) is 0 Å². The van der Waals surface area contributed by atoms with Gasteiger partial charge < -0.3 is 4.98 Å². The first-order chi connectivity index (χ1) is 9.15. The molecule has 1 aromatic carbocycles. The van der Waals surface area contributed by atoms with E-state index in [9.17, 15) is 4.79 Å². The predicted octanol–water partition coefficient (Wildman–Crippen LogP) is 2.69. The van der Waals surface area contributed by atoms with E-state index in [1.54, 1.807) is 18.3 Å². The fraction of sp³-hybridized carbons (Fsp3) is 0. The van der Waals surface area contributed by atoms with E-state index in [1.165, 1.54) is 12.4 Å². The Morgan fingerprint density at radius 1 is 1.16 bits per heavy atom. The predicted molar refractivity (Wildman–Crippen MR) is 73.4 cm³/mol. The first kappa shape index (κ1) is 12.1. The Kier molecular flexibility index (Phi) is 2.93. The van der Waals surface area contributed by atoms with Crippen LogP contribution in [0.3, 0.4) is 0 Å². The number of hydrogen-bond acceptors (Lipinski definition) is 4. The lowest BCUT2D eigenvalue weighted by molar-refractivity contribution is 1.11. The second kappa shape index (κ2) is 4.60. The number of fused-ring (bicyclic) bond motifs is 1. The van der Waals surface area contributed by atoms with Gasteiger partial charge in [0.15, 0.2) is 5.82 Å². The molecule has 5 nitrogen and oxygen atoms in total. The first-order valence-electron chi connectivity index (χ1n) is 5.30. The topological polar surface area (TPSA) is 71.5 Å². The van der Waals surface area contributed by atoms with E-state index in [-0.39, 0.29) is 5.56 Å². The fourth-order valence-corrected chi connectivity index (χ4v) is 2.01. The van der Waals surface area contributed by atoms with Crippen molar-refractivity contribution in [3.05, 3.63) is 51.1 Å². The Bertz CT molecular complexity index is 817. The summed E-state index contributed by atoms with van der Waals surface area (Å²) in [6.45, 7) is 0. The van der Waals surface area contributed by atoms with Crippen molar-refractivity contribution in [2.24, 2.45) is 0 Å². The molecule has 0 radical (unpaired) electrons. The van der Waals surface area contributed by atoms with Gasteiger partial charge in [-0.05, 0) is 18.2 Å². The number of H-pyrrole nitrogens is 1. The molecule has 0 aliphatic heterocycles. The minimum atomic E-state index is -0.294. The van der Waals surface area contributed by atoms with Crippen LogP contribution < -0.4 is 5.56 Å². The van der Waals surface area contributed by atoms with E-state index in [0.717, 1.165) is 0 Å². The van der Waals surface area contributed by atoms with Crippen LogP contribution in [0, 0.1) is 0 Å². The number of benzene rings is 1. The molecule has 19 heavy (non-hydrogen) atoms. The Morgan fingerprint density at radius 3 is 2.68 bits per heavy atom. The Balaban J connectivity index is 2.31. The summed E-state index contributed by atoms with van der Waals surface area (Å²) in [5, 5.41) is 1.05. The van der Waals surface area contributed by atoms with Gasteiger partial charge in [0.05, 0.1) is 20.9 Å². The van der Waals surface area contributed by atoms with Crippen molar-refractivity contribution in [1.82, 2.24) is 19.9 Å². The average molecular weight is 293 g/mol. The summed E-state index contributed by atoms with van der Waals surface area (Å²) in [5.41, 5.74) is 0.698.